The summed E-state index contributed by atoms with van der Waals surface area (Å²) in [6, 6.07) is 5.62. The molecule has 0 fully saturated rings. The lowest BCUT2D eigenvalue weighted by Crippen LogP contribution is -2.30. The van der Waals surface area contributed by atoms with E-state index < -0.39 is 0 Å². The number of rotatable bonds is 4. The Hall–Kier alpha value is -0.410. The van der Waals surface area contributed by atoms with E-state index in [0.29, 0.717) is 10.6 Å². The van der Waals surface area contributed by atoms with Crippen molar-refractivity contribution < 1.29 is 9.53 Å². The molecule has 0 saturated heterocycles. The number of nitrogens with one attached hydrogen (secondary N) is 1. The molecule has 0 atom stereocenters. The van der Waals surface area contributed by atoms with Crippen LogP contribution in [0.25, 0.3) is 0 Å². The Morgan fingerprint density at radius 1 is 1.30 bits per heavy atom. The quantitative estimate of drug-likeness (QED) is 0.388. The number of nitrogens with two attached hydrogens (primary N) is 1. The second-order valence-corrected chi connectivity index (χ2v) is 7.28. The number of carbonyl (C=O) groups excluding carboxylic acids is 1. The molecule has 0 radical (unpaired) electrons. The summed E-state index contributed by atoms with van der Waals surface area (Å²) in [5.41, 5.74) is 2.92. The van der Waals surface area contributed by atoms with Gasteiger partial charge >= 0.3 is 0 Å². The summed E-state index contributed by atoms with van der Waals surface area (Å²) in [6.07, 6.45) is 0. The summed E-state index contributed by atoms with van der Waals surface area (Å²) in [5.74, 6) is 5.52. The third-order valence-electron chi connectivity index (χ3n) is 2.42. The van der Waals surface area contributed by atoms with Gasteiger partial charge in [0, 0.05) is 10.0 Å². The summed E-state index contributed by atoms with van der Waals surface area (Å²) in [7, 11) is 0. The molecule has 0 aliphatic carbocycles. The molecule has 0 aliphatic heterocycles. The van der Waals surface area contributed by atoms with E-state index in [1.54, 1.807) is 0 Å². The molecule has 8 heteroatoms. The summed E-state index contributed by atoms with van der Waals surface area (Å²) < 4.78 is 8.34. The van der Waals surface area contributed by atoms with Gasteiger partial charge in [-0.25, -0.2) is 5.84 Å². The second-order valence-electron chi connectivity index (χ2n) is 3.74. The van der Waals surface area contributed by atoms with Crippen molar-refractivity contribution in [2.24, 2.45) is 5.84 Å². The van der Waals surface area contributed by atoms with E-state index in [-0.39, 0.29) is 12.5 Å². The van der Waals surface area contributed by atoms with Crippen molar-refractivity contribution in [3.63, 3.8) is 0 Å². The Bertz CT molecular complexity index is 622. The van der Waals surface area contributed by atoms with Gasteiger partial charge in [0.1, 0.15) is 12.4 Å². The number of nitrogen functional groups attached to an aromatic ring is 1. The zero-order chi connectivity index (χ0) is 14.7. The summed E-state index contributed by atoms with van der Waals surface area (Å²) in [4.78, 5) is 12.1. The molecule has 0 saturated carbocycles. The van der Waals surface area contributed by atoms with Crippen molar-refractivity contribution >= 4 is 65.0 Å². The summed E-state index contributed by atoms with van der Waals surface area (Å²) >= 11 is 11.6. The van der Waals surface area contributed by atoms with Crippen LogP contribution in [0.4, 0.5) is 0 Å². The largest absolute Gasteiger partial charge is 0.486 e. The third kappa shape index (κ3) is 3.62. The SMILES string of the molecule is NNC(=O)c1sccc1COc1c(Br)cc(Br)cc1Br. The molecule has 0 aliphatic rings. The number of hydrazine groups is 1. The Kier molecular flexibility index (Phi) is 5.62. The van der Waals surface area contributed by atoms with Crippen molar-refractivity contribution in [1.29, 1.82) is 0 Å². The van der Waals surface area contributed by atoms with E-state index in [9.17, 15) is 4.79 Å². The van der Waals surface area contributed by atoms with Gasteiger partial charge in [0.05, 0.1) is 13.8 Å². The highest BCUT2D eigenvalue weighted by Gasteiger charge is 2.14. The molecule has 3 N–H and O–H groups in total. The lowest BCUT2D eigenvalue weighted by Gasteiger charge is -2.11. The first-order valence-corrected chi connectivity index (χ1v) is 8.63. The van der Waals surface area contributed by atoms with Gasteiger partial charge < -0.3 is 4.74 Å². The maximum absolute atomic E-state index is 11.6. The number of hydrogen-bond donors (Lipinski definition) is 2. The average molecular weight is 485 g/mol. The van der Waals surface area contributed by atoms with Crippen LogP contribution in [0.2, 0.25) is 0 Å². The van der Waals surface area contributed by atoms with E-state index >= 15 is 0 Å². The van der Waals surface area contributed by atoms with Crippen LogP contribution < -0.4 is 16.0 Å². The summed E-state index contributed by atoms with van der Waals surface area (Å²) in [5, 5.41) is 1.83. The van der Waals surface area contributed by atoms with Crippen molar-refractivity contribution in [1.82, 2.24) is 5.43 Å². The average Bonchev–Trinajstić information content (AvgIpc) is 2.85. The molecule has 1 heterocycles. The zero-order valence-corrected chi connectivity index (χ0v) is 15.5. The monoisotopic (exact) mass is 482 g/mol. The minimum Gasteiger partial charge on any atom is -0.486 e. The van der Waals surface area contributed by atoms with E-state index in [1.165, 1.54) is 11.3 Å². The van der Waals surface area contributed by atoms with Gasteiger partial charge in [-0.2, -0.15) is 0 Å². The molecule has 2 rings (SSSR count). The van der Waals surface area contributed by atoms with Gasteiger partial charge in [0.15, 0.2) is 0 Å². The van der Waals surface area contributed by atoms with Crippen LogP contribution in [0.15, 0.2) is 37.0 Å². The highest BCUT2D eigenvalue weighted by atomic mass is 79.9. The van der Waals surface area contributed by atoms with Crippen molar-refractivity contribution in [2.45, 2.75) is 6.61 Å². The molecular formula is C12H9Br3N2O2S. The fourth-order valence-electron chi connectivity index (χ4n) is 1.53. The van der Waals surface area contributed by atoms with Crippen LogP contribution in [0, 0.1) is 0 Å². The number of halogens is 3. The van der Waals surface area contributed by atoms with E-state index in [0.717, 1.165) is 19.0 Å². The van der Waals surface area contributed by atoms with Crippen molar-refractivity contribution in [2.75, 3.05) is 0 Å². The highest BCUT2D eigenvalue weighted by Crippen LogP contribution is 2.37. The van der Waals surface area contributed by atoms with E-state index in [1.807, 2.05) is 23.6 Å². The van der Waals surface area contributed by atoms with Crippen LogP contribution in [0.1, 0.15) is 15.2 Å². The maximum Gasteiger partial charge on any atom is 0.275 e. The van der Waals surface area contributed by atoms with Crippen LogP contribution in [-0.4, -0.2) is 5.91 Å². The lowest BCUT2D eigenvalue weighted by atomic mass is 10.2. The molecule has 20 heavy (non-hydrogen) atoms. The van der Waals surface area contributed by atoms with Crippen LogP contribution >= 0.6 is 59.1 Å². The molecule has 0 spiro atoms. The van der Waals surface area contributed by atoms with Gasteiger partial charge in [0.2, 0.25) is 0 Å². The molecular weight excluding hydrogens is 476 g/mol. The van der Waals surface area contributed by atoms with Crippen LogP contribution in [-0.2, 0) is 6.61 Å². The Labute approximate surface area is 145 Å². The Morgan fingerprint density at radius 3 is 2.55 bits per heavy atom. The number of amides is 1. The van der Waals surface area contributed by atoms with Gasteiger partial charge in [-0.3, -0.25) is 10.2 Å². The number of hydrogen-bond acceptors (Lipinski definition) is 4. The van der Waals surface area contributed by atoms with Crippen molar-refractivity contribution in [3.8, 4) is 5.75 Å². The first-order valence-electron chi connectivity index (χ1n) is 5.37. The van der Waals surface area contributed by atoms with Crippen molar-refractivity contribution in [3.05, 3.63) is 47.4 Å². The standard InChI is InChI=1S/C12H9Br3N2O2S/c13-7-3-8(14)10(9(15)4-7)19-5-6-1-2-20-11(6)12(18)17-16/h1-4H,5,16H2,(H,17,18). The molecule has 4 nitrogen and oxygen atoms in total. The second kappa shape index (κ2) is 7.04. The topological polar surface area (TPSA) is 64.3 Å². The molecule has 1 amide bonds. The predicted octanol–water partition coefficient (Wildman–Crippen LogP) is 4.22. The predicted molar refractivity (Wildman–Crippen MR) is 89.8 cm³/mol. The molecule has 0 unspecified atom stereocenters. The Balaban J connectivity index is 2.18. The fraction of sp³-hybridized carbons (Fsp3) is 0.0833. The number of benzene rings is 1. The normalized spacial score (nSPS) is 10.4. The Morgan fingerprint density at radius 2 is 1.95 bits per heavy atom. The molecule has 106 valence electrons. The number of ether oxygens (including phenoxy) is 1. The van der Waals surface area contributed by atoms with Gasteiger partial charge in [-0.15, -0.1) is 11.3 Å². The lowest BCUT2D eigenvalue weighted by molar-refractivity contribution is 0.0955. The van der Waals surface area contributed by atoms with Gasteiger partial charge in [0.25, 0.3) is 5.91 Å². The number of carbonyl (C=O) groups is 1. The number of thiophene rings is 1. The van der Waals surface area contributed by atoms with Gasteiger partial charge in [-0.1, -0.05) is 15.9 Å². The third-order valence-corrected chi connectivity index (χ3v) is 5.01. The minimum absolute atomic E-state index is 0.283. The van der Waals surface area contributed by atoms with Crippen LogP contribution in [0.3, 0.4) is 0 Å². The summed E-state index contributed by atoms with van der Waals surface area (Å²) in [6.45, 7) is 0.283. The first-order chi connectivity index (χ1) is 9.52. The minimum atomic E-state index is -0.312. The highest BCUT2D eigenvalue weighted by molar-refractivity contribution is 9.11. The van der Waals surface area contributed by atoms with E-state index in [2.05, 4.69) is 53.2 Å². The van der Waals surface area contributed by atoms with Gasteiger partial charge in [-0.05, 0) is 55.4 Å². The smallest absolute Gasteiger partial charge is 0.275 e. The van der Waals surface area contributed by atoms with Crippen LogP contribution in [0.5, 0.6) is 5.75 Å². The zero-order valence-electron chi connectivity index (χ0n) is 9.95. The maximum atomic E-state index is 11.6. The molecule has 2 aromatic rings. The van der Waals surface area contributed by atoms with E-state index in [4.69, 9.17) is 10.6 Å². The first kappa shape index (κ1) is 16.0. The molecule has 1 aromatic heterocycles. The molecule has 1 aromatic carbocycles. The molecule has 0 bridgehead atoms. The fourth-order valence-corrected chi connectivity index (χ4v) is 4.83.